The molecule has 0 saturated carbocycles. The van der Waals surface area contributed by atoms with Gasteiger partial charge in [0.1, 0.15) is 5.57 Å². The second-order valence-corrected chi connectivity index (χ2v) is 5.78. The third kappa shape index (κ3) is 3.07. The molecule has 1 saturated heterocycles. The number of nitrogens with one attached hydrogen (secondary N) is 1. The molecule has 0 unspecified atom stereocenters. The number of hydrogen-bond donors (Lipinski definition) is 1. The molecule has 4 amide bonds. The molecular formula is C18H13ClN2O3. The summed E-state index contributed by atoms with van der Waals surface area (Å²) < 4.78 is 0. The lowest BCUT2D eigenvalue weighted by Crippen LogP contribution is -2.54. The standard InChI is InChI=1S/C18H13ClN2O3/c1-11-5-7-14(8-6-11)21-17(23)15(16(22)20-18(21)24)10-12-3-2-4-13(19)9-12/h2-10H,1H3,(H,20,22,24). The molecule has 1 aliphatic heterocycles. The normalized spacial score (nSPS) is 16.5. The van der Waals surface area contributed by atoms with E-state index in [1.807, 2.05) is 6.92 Å². The summed E-state index contributed by atoms with van der Waals surface area (Å²) in [6, 6.07) is 12.8. The highest BCUT2D eigenvalue weighted by Gasteiger charge is 2.36. The number of barbiturate groups is 1. The van der Waals surface area contributed by atoms with Crippen LogP contribution < -0.4 is 10.2 Å². The lowest BCUT2D eigenvalue weighted by Gasteiger charge is -2.26. The van der Waals surface area contributed by atoms with Gasteiger partial charge in [0.15, 0.2) is 0 Å². The van der Waals surface area contributed by atoms with Crippen LogP contribution in [-0.4, -0.2) is 17.8 Å². The molecule has 6 heteroatoms. The minimum atomic E-state index is -0.767. The van der Waals surface area contributed by atoms with Crippen LogP contribution in [0.25, 0.3) is 6.08 Å². The molecule has 0 aliphatic carbocycles. The zero-order valence-corrected chi connectivity index (χ0v) is 13.5. The molecule has 120 valence electrons. The van der Waals surface area contributed by atoms with Crippen LogP contribution in [-0.2, 0) is 9.59 Å². The Labute approximate surface area is 143 Å². The number of benzene rings is 2. The number of hydrogen-bond acceptors (Lipinski definition) is 3. The summed E-state index contributed by atoms with van der Waals surface area (Å²) in [5, 5.41) is 2.67. The quantitative estimate of drug-likeness (QED) is 0.673. The molecule has 0 spiro atoms. The van der Waals surface area contributed by atoms with E-state index in [0.29, 0.717) is 16.3 Å². The van der Waals surface area contributed by atoms with E-state index in [4.69, 9.17) is 11.6 Å². The van der Waals surface area contributed by atoms with Crippen molar-refractivity contribution in [2.24, 2.45) is 0 Å². The molecule has 1 heterocycles. The van der Waals surface area contributed by atoms with Crippen molar-refractivity contribution in [3.05, 3.63) is 70.3 Å². The number of carbonyl (C=O) groups is 3. The van der Waals surface area contributed by atoms with Crippen LogP contribution in [0.2, 0.25) is 5.02 Å². The number of nitrogens with zero attached hydrogens (tertiary/aromatic N) is 1. The molecule has 3 rings (SSSR count). The van der Waals surface area contributed by atoms with Gasteiger partial charge in [0, 0.05) is 5.02 Å². The van der Waals surface area contributed by atoms with Crippen molar-refractivity contribution in [3.63, 3.8) is 0 Å². The maximum Gasteiger partial charge on any atom is 0.335 e. The number of anilines is 1. The lowest BCUT2D eigenvalue weighted by molar-refractivity contribution is -0.122. The van der Waals surface area contributed by atoms with Crippen molar-refractivity contribution in [1.82, 2.24) is 5.32 Å². The van der Waals surface area contributed by atoms with Crippen LogP contribution in [0.3, 0.4) is 0 Å². The van der Waals surface area contributed by atoms with Crippen molar-refractivity contribution in [2.75, 3.05) is 4.90 Å². The average molecular weight is 341 g/mol. The second-order valence-electron chi connectivity index (χ2n) is 5.35. The van der Waals surface area contributed by atoms with Crippen LogP contribution in [0, 0.1) is 6.92 Å². The van der Waals surface area contributed by atoms with Gasteiger partial charge in [-0.1, -0.05) is 41.4 Å². The highest BCUT2D eigenvalue weighted by Crippen LogP contribution is 2.22. The Bertz CT molecular complexity index is 872. The minimum Gasteiger partial charge on any atom is -0.273 e. The molecule has 0 bridgehead atoms. The van der Waals surface area contributed by atoms with E-state index in [1.165, 1.54) is 6.08 Å². The fraction of sp³-hybridized carbons (Fsp3) is 0.0556. The van der Waals surface area contributed by atoms with Gasteiger partial charge in [0.25, 0.3) is 11.8 Å². The maximum absolute atomic E-state index is 12.7. The highest BCUT2D eigenvalue weighted by atomic mass is 35.5. The second kappa shape index (κ2) is 6.29. The number of urea groups is 1. The average Bonchev–Trinajstić information content (AvgIpc) is 2.53. The summed E-state index contributed by atoms with van der Waals surface area (Å²) in [6.45, 7) is 1.90. The molecule has 0 atom stereocenters. The first-order chi connectivity index (χ1) is 11.5. The summed E-state index contributed by atoms with van der Waals surface area (Å²) in [4.78, 5) is 37.7. The van der Waals surface area contributed by atoms with Crippen molar-refractivity contribution in [1.29, 1.82) is 0 Å². The fourth-order valence-electron chi connectivity index (χ4n) is 2.35. The first-order valence-corrected chi connectivity index (χ1v) is 7.57. The van der Waals surface area contributed by atoms with E-state index >= 15 is 0 Å². The third-order valence-corrected chi connectivity index (χ3v) is 3.79. The van der Waals surface area contributed by atoms with Gasteiger partial charge < -0.3 is 0 Å². The van der Waals surface area contributed by atoms with Gasteiger partial charge >= 0.3 is 6.03 Å². The SMILES string of the molecule is Cc1ccc(N2C(=O)NC(=O)C(=Cc3cccc(Cl)c3)C2=O)cc1. The Morgan fingerprint density at radius 3 is 2.42 bits per heavy atom. The maximum atomic E-state index is 12.7. The largest absolute Gasteiger partial charge is 0.335 e. The van der Waals surface area contributed by atoms with Crippen LogP contribution in [0.4, 0.5) is 10.5 Å². The number of rotatable bonds is 2. The van der Waals surface area contributed by atoms with Crippen molar-refractivity contribution >= 4 is 41.2 Å². The van der Waals surface area contributed by atoms with E-state index in [9.17, 15) is 14.4 Å². The molecule has 2 aromatic carbocycles. The van der Waals surface area contributed by atoms with Gasteiger partial charge in [0.05, 0.1) is 5.69 Å². The Morgan fingerprint density at radius 1 is 1.04 bits per heavy atom. The van der Waals surface area contributed by atoms with E-state index in [1.54, 1.807) is 48.5 Å². The summed E-state index contributed by atoms with van der Waals surface area (Å²) in [5.74, 6) is -1.40. The van der Waals surface area contributed by atoms with Gasteiger partial charge in [-0.15, -0.1) is 0 Å². The Hall–Kier alpha value is -2.92. The molecule has 0 aromatic heterocycles. The number of imide groups is 2. The molecule has 0 radical (unpaired) electrons. The molecule has 1 fully saturated rings. The van der Waals surface area contributed by atoms with Crippen molar-refractivity contribution in [3.8, 4) is 0 Å². The summed E-state index contributed by atoms with van der Waals surface area (Å²) in [5.41, 5.74) is 1.86. The molecule has 2 aromatic rings. The number of halogens is 1. The minimum absolute atomic E-state index is 0.127. The van der Waals surface area contributed by atoms with Crippen LogP contribution in [0.5, 0.6) is 0 Å². The van der Waals surface area contributed by atoms with Crippen LogP contribution in [0.1, 0.15) is 11.1 Å². The summed E-state index contributed by atoms with van der Waals surface area (Å²) in [7, 11) is 0. The zero-order valence-electron chi connectivity index (χ0n) is 12.7. The topological polar surface area (TPSA) is 66.5 Å². The summed E-state index contributed by atoms with van der Waals surface area (Å²) >= 11 is 5.92. The third-order valence-electron chi connectivity index (χ3n) is 3.55. The lowest BCUT2D eigenvalue weighted by atomic mass is 10.1. The number of carbonyl (C=O) groups excluding carboxylic acids is 3. The monoisotopic (exact) mass is 340 g/mol. The predicted molar refractivity (Wildman–Crippen MR) is 91.6 cm³/mol. The number of amides is 4. The molecule has 1 N–H and O–H groups in total. The first-order valence-electron chi connectivity index (χ1n) is 7.19. The molecule has 1 aliphatic rings. The van der Waals surface area contributed by atoms with Crippen molar-refractivity contribution in [2.45, 2.75) is 6.92 Å². The van der Waals surface area contributed by atoms with Gasteiger partial charge in [-0.25, -0.2) is 9.69 Å². The number of aryl methyl sites for hydroxylation is 1. The smallest absolute Gasteiger partial charge is 0.273 e. The molecular weight excluding hydrogens is 328 g/mol. The predicted octanol–water partition coefficient (Wildman–Crippen LogP) is 3.31. The zero-order chi connectivity index (χ0) is 17.3. The Morgan fingerprint density at radius 2 is 1.75 bits per heavy atom. The highest BCUT2D eigenvalue weighted by molar-refractivity contribution is 6.39. The van der Waals surface area contributed by atoms with Gasteiger partial charge in [0.2, 0.25) is 0 Å². The fourth-order valence-corrected chi connectivity index (χ4v) is 2.55. The van der Waals surface area contributed by atoms with E-state index in [0.717, 1.165) is 10.5 Å². The van der Waals surface area contributed by atoms with Gasteiger partial charge in [-0.2, -0.15) is 0 Å². The molecule has 24 heavy (non-hydrogen) atoms. The first kappa shape index (κ1) is 16.0. The van der Waals surface area contributed by atoms with E-state index < -0.39 is 17.8 Å². The molecule has 5 nitrogen and oxygen atoms in total. The van der Waals surface area contributed by atoms with Gasteiger partial charge in [-0.05, 0) is 42.8 Å². The Kier molecular flexibility index (Phi) is 4.18. The summed E-state index contributed by atoms with van der Waals surface area (Å²) in [6.07, 6.45) is 1.41. The van der Waals surface area contributed by atoms with Crippen LogP contribution >= 0.6 is 11.6 Å². The van der Waals surface area contributed by atoms with Crippen molar-refractivity contribution < 1.29 is 14.4 Å². The van der Waals surface area contributed by atoms with Gasteiger partial charge in [-0.3, -0.25) is 14.9 Å². The Balaban J connectivity index is 2.01. The van der Waals surface area contributed by atoms with E-state index in [-0.39, 0.29) is 5.57 Å². The van der Waals surface area contributed by atoms with E-state index in [2.05, 4.69) is 5.32 Å². The van der Waals surface area contributed by atoms with Crippen LogP contribution in [0.15, 0.2) is 54.1 Å².